The predicted molar refractivity (Wildman–Crippen MR) is 242 cm³/mol. The molecule has 3 aliphatic rings. The summed E-state index contributed by atoms with van der Waals surface area (Å²) in [4.78, 5) is 39.8. The highest BCUT2D eigenvalue weighted by atomic mass is 16.5. The number of methoxy groups -OCH3 is 1. The van der Waals surface area contributed by atoms with E-state index in [2.05, 4.69) is 94.8 Å². The predicted octanol–water partition coefficient (Wildman–Crippen LogP) is 9.32. The van der Waals surface area contributed by atoms with E-state index in [9.17, 15) is 4.79 Å². The first-order valence-corrected chi connectivity index (χ1v) is 20.3. The van der Waals surface area contributed by atoms with Crippen molar-refractivity contribution in [2.45, 2.75) is 25.8 Å². The molecular formula is C48H49N9O3. The van der Waals surface area contributed by atoms with Crippen molar-refractivity contribution in [2.75, 3.05) is 51.1 Å². The monoisotopic (exact) mass is 799 g/mol. The van der Waals surface area contributed by atoms with Gasteiger partial charge in [-0.05, 0) is 117 Å². The van der Waals surface area contributed by atoms with Gasteiger partial charge in [0, 0.05) is 65.8 Å². The second-order valence-electron chi connectivity index (χ2n) is 15.2. The average molecular weight is 800 g/mol. The molecule has 8 bridgehead atoms. The van der Waals surface area contributed by atoms with Crippen molar-refractivity contribution >= 4 is 74.7 Å². The molecular weight excluding hydrogens is 751 g/mol. The first-order chi connectivity index (χ1) is 29.3. The van der Waals surface area contributed by atoms with Gasteiger partial charge in [-0.3, -0.25) is 4.79 Å². The molecule has 4 aromatic heterocycles. The molecule has 2 aliphatic heterocycles. The van der Waals surface area contributed by atoms with Crippen molar-refractivity contribution in [1.82, 2.24) is 34.8 Å². The zero-order valence-electron chi connectivity index (χ0n) is 34.1. The van der Waals surface area contributed by atoms with Crippen LogP contribution in [0.15, 0.2) is 109 Å². The molecule has 60 heavy (non-hydrogen) atoms. The molecule has 1 aliphatic carbocycles. The SMILES string of the molecule is C1=Cc2cc3ccc(cc4ccc(cc5nc(cc1n2)C=C5)[nH]4)[nH]3.COCCN(C)CC=CC(=O)Nc1cc2c(N[C@H](C)c3ccccc3)ncnc2cc1OCC1CC1. The van der Waals surface area contributed by atoms with Crippen molar-refractivity contribution in [2.24, 2.45) is 5.92 Å². The van der Waals surface area contributed by atoms with Crippen molar-refractivity contribution in [3.63, 3.8) is 0 Å². The summed E-state index contributed by atoms with van der Waals surface area (Å²) in [5, 5.41) is 7.31. The van der Waals surface area contributed by atoms with Crippen LogP contribution in [-0.4, -0.2) is 81.2 Å². The fraction of sp³-hybridized carbons (Fsp3) is 0.229. The van der Waals surface area contributed by atoms with Crippen LogP contribution in [-0.2, 0) is 9.53 Å². The normalized spacial score (nSPS) is 13.7. The second kappa shape index (κ2) is 18.8. The maximum Gasteiger partial charge on any atom is 0.248 e. The number of carbonyl (C=O) groups is 1. The number of nitrogens with zero attached hydrogens (tertiary/aromatic N) is 5. The summed E-state index contributed by atoms with van der Waals surface area (Å²) < 4.78 is 11.2. The minimum Gasteiger partial charge on any atom is -0.491 e. The molecule has 0 unspecified atom stereocenters. The Hall–Kier alpha value is -6.89. The summed E-state index contributed by atoms with van der Waals surface area (Å²) in [7, 11) is 3.66. The number of hydrogen-bond acceptors (Lipinski definition) is 9. The van der Waals surface area contributed by atoms with Gasteiger partial charge in [-0.1, -0.05) is 36.4 Å². The lowest BCUT2D eigenvalue weighted by atomic mass is 10.1. The van der Waals surface area contributed by atoms with Crippen molar-refractivity contribution in [1.29, 1.82) is 0 Å². The quantitative estimate of drug-likeness (QED) is 0.0839. The molecule has 304 valence electrons. The van der Waals surface area contributed by atoms with Gasteiger partial charge in [0.05, 0.1) is 47.2 Å². The Morgan fingerprint density at radius 2 is 1.47 bits per heavy atom. The molecule has 2 aromatic carbocycles. The molecule has 1 saturated carbocycles. The number of fused-ring (bicyclic) bond motifs is 9. The lowest BCUT2D eigenvalue weighted by Crippen LogP contribution is -2.23. The Labute approximate surface area is 349 Å². The van der Waals surface area contributed by atoms with Crippen molar-refractivity contribution in [3.05, 3.63) is 138 Å². The fourth-order valence-corrected chi connectivity index (χ4v) is 6.73. The molecule has 1 atom stereocenters. The number of likely N-dealkylation sites (N-methyl/N-ethyl adjacent to an activating group) is 1. The molecule has 0 spiro atoms. The Kier molecular flexibility index (Phi) is 12.5. The van der Waals surface area contributed by atoms with E-state index in [-0.39, 0.29) is 11.9 Å². The summed E-state index contributed by atoms with van der Waals surface area (Å²) in [6.07, 6.45) is 15.4. The zero-order chi connectivity index (χ0) is 41.3. The molecule has 4 N–H and O–H groups in total. The standard InChI is InChI=1S/C28H35N5O3.C20H14N4/c1-20(22-8-5-4-6-9-22)31-28-23-16-25(32-27(34)10-7-13-33(2)14-15-35-3)26(36-18-21-11-12-21)17-24(23)29-19-30-28;1-2-14-10-16-5-6-18(23-16)12-20-8-7-19(24-20)11-17-4-3-15(22-17)9-13(1)21-14/h4-10,16-17,19-21H,11-15,18H2,1-3H3,(H,32,34)(H,29,30,31);1-12,21-22H/t20-;/m1./s1. The highest BCUT2D eigenvalue weighted by molar-refractivity contribution is 6.03. The first kappa shape index (κ1) is 39.9. The molecule has 0 saturated heterocycles. The lowest BCUT2D eigenvalue weighted by Gasteiger charge is -2.18. The van der Waals surface area contributed by atoms with E-state index in [0.717, 1.165) is 67.9 Å². The molecule has 1 fully saturated rings. The lowest BCUT2D eigenvalue weighted by molar-refractivity contribution is -0.111. The number of benzene rings is 2. The van der Waals surface area contributed by atoms with Crippen molar-refractivity contribution in [3.8, 4) is 5.75 Å². The van der Waals surface area contributed by atoms with Crippen LogP contribution in [0.5, 0.6) is 5.75 Å². The number of anilines is 2. The third-order valence-electron chi connectivity index (χ3n) is 10.2. The maximum atomic E-state index is 12.8. The van der Waals surface area contributed by atoms with E-state index in [1.54, 1.807) is 19.5 Å². The number of amides is 1. The fourth-order valence-electron chi connectivity index (χ4n) is 6.73. The molecule has 12 heteroatoms. The number of ether oxygens (including phenoxy) is 2. The summed E-state index contributed by atoms with van der Waals surface area (Å²) in [5.74, 6) is 1.70. The van der Waals surface area contributed by atoms with Crippen LogP contribution in [0.1, 0.15) is 54.1 Å². The molecule has 6 aromatic rings. The number of aromatic amines is 2. The molecule has 0 radical (unpaired) electrons. The van der Waals surface area contributed by atoms with E-state index in [0.29, 0.717) is 42.9 Å². The number of carbonyl (C=O) groups excluding carboxylic acids is 1. The topological polar surface area (TPSA) is 146 Å². The smallest absolute Gasteiger partial charge is 0.248 e. The molecule has 6 heterocycles. The van der Waals surface area contributed by atoms with E-state index >= 15 is 0 Å². The number of rotatable bonds is 13. The highest BCUT2D eigenvalue weighted by Crippen LogP contribution is 2.36. The van der Waals surface area contributed by atoms with Gasteiger partial charge in [0.25, 0.3) is 0 Å². The van der Waals surface area contributed by atoms with Crippen LogP contribution in [0.3, 0.4) is 0 Å². The van der Waals surface area contributed by atoms with Gasteiger partial charge >= 0.3 is 0 Å². The number of aromatic nitrogens is 6. The van der Waals surface area contributed by atoms with Crippen molar-refractivity contribution < 1.29 is 14.3 Å². The van der Waals surface area contributed by atoms with Gasteiger partial charge in [-0.15, -0.1) is 0 Å². The second-order valence-corrected chi connectivity index (χ2v) is 15.2. The van der Waals surface area contributed by atoms with Crippen LogP contribution in [0.4, 0.5) is 11.5 Å². The van der Waals surface area contributed by atoms with E-state index < -0.39 is 0 Å². The molecule has 9 rings (SSSR count). The Bertz CT molecular complexity index is 2630. The van der Waals surface area contributed by atoms with E-state index in [4.69, 9.17) is 9.47 Å². The van der Waals surface area contributed by atoms with Crippen LogP contribution in [0, 0.1) is 5.92 Å². The minimum absolute atomic E-state index is 0.0474. The van der Waals surface area contributed by atoms with Crippen LogP contribution in [0.2, 0.25) is 0 Å². The number of H-pyrrole nitrogens is 2. The highest BCUT2D eigenvalue weighted by Gasteiger charge is 2.23. The maximum absolute atomic E-state index is 12.8. The Morgan fingerprint density at radius 1 is 0.833 bits per heavy atom. The zero-order valence-corrected chi connectivity index (χ0v) is 34.1. The number of nitrogens with one attached hydrogen (secondary N) is 4. The van der Waals surface area contributed by atoms with E-state index in [1.807, 2.05) is 86.0 Å². The Morgan fingerprint density at radius 3 is 2.10 bits per heavy atom. The third kappa shape index (κ3) is 10.8. The largest absolute Gasteiger partial charge is 0.491 e. The van der Waals surface area contributed by atoms with Gasteiger partial charge in [0.15, 0.2) is 0 Å². The van der Waals surface area contributed by atoms with E-state index in [1.165, 1.54) is 12.8 Å². The van der Waals surface area contributed by atoms with Crippen LogP contribution >= 0.6 is 0 Å². The minimum atomic E-state index is -0.213. The van der Waals surface area contributed by atoms with Gasteiger partial charge in [0.2, 0.25) is 5.91 Å². The van der Waals surface area contributed by atoms with Gasteiger partial charge in [-0.25, -0.2) is 19.9 Å². The van der Waals surface area contributed by atoms with Crippen LogP contribution < -0.4 is 15.4 Å². The first-order valence-electron chi connectivity index (χ1n) is 20.3. The summed E-state index contributed by atoms with van der Waals surface area (Å²) in [6, 6.07) is 30.4. The molecule has 12 nitrogen and oxygen atoms in total. The average Bonchev–Trinajstić information content (AvgIpc) is 3.57. The number of hydrogen-bond donors (Lipinski definition) is 4. The summed E-state index contributed by atoms with van der Waals surface area (Å²) in [6.45, 7) is 4.82. The summed E-state index contributed by atoms with van der Waals surface area (Å²) in [5.41, 5.74) is 10.4. The van der Waals surface area contributed by atoms with Gasteiger partial charge in [-0.2, -0.15) is 0 Å². The van der Waals surface area contributed by atoms with Gasteiger partial charge in [0.1, 0.15) is 17.9 Å². The Balaban J connectivity index is 0.000000179. The third-order valence-corrected chi connectivity index (χ3v) is 10.2. The molecule has 1 amide bonds. The van der Waals surface area contributed by atoms with Gasteiger partial charge < -0.3 is 35.0 Å². The van der Waals surface area contributed by atoms with Crippen LogP contribution in [0.25, 0.3) is 57.3 Å². The summed E-state index contributed by atoms with van der Waals surface area (Å²) >= 11 is 0.